The standard InChI is InChI=1S/C11H24O4Si/c1-5-10-11(15-10)8-7-9-14-16(6-2,12-3)13-4/h10-11H,5-9H2,1-4H3. The lowest BCUT2D eigenvalue weighted by atomic mass is 10.2. The minimum absolute atomic E-state index is 0.469. The molecule has 4 nitrogen and oxygen atoms in total. The molecule has 1 aliphatic heterocycles. The Bertz CT molecular complexity index is 188. The van der Waals surface area contributed by atoms with E-state index in [1.165, 1.54) is 0 Å². The molecule has 0 aliphatic carbocycles. The number of rotatable bonds is 9. The van der Waals surface area contributed by atoms with E-state index >= 15 is 0 Å². The lowest BCUT2D eigenvalue weighted by molar-refractivity contribution is 0.0971. The summed E-state index contributed by atoms with van der Waals surface area (Å²) in [6, 6.07) is 0.817. The highest BCUT2D eigenvalue weighted by atomic mass is 28.4. The average molecular weight is 248 g/mol. The van der Waals surface area contributed by atoms with Gasteiger partial charge < -0.3 is 18.0 Å². The molecular formula is C11H24O4Si. The van der Waals surface area contributed by atoms with Gasteiger partial charge in [-0.2, -0.15) is 0 Å². The van der Waals surface area contributed by atoms with Crippen LogP contribution in [0.5, 0.6) is 0 Å². The Labute approximate surface area is 99.6 Å². The summed E-state index contributed by atoms with van der Waals surface area (Å²) in [7, 11) is 0.991. The largest absolute Gasteiger partial charge is 0.500 e. The summed E-state index contributed by atoms with van der Waals surface area (Å²) < 4.78 is 22.0. The summed E-state index contributed by atoms with van der Waals surface area (Å²) in [6.07, 6.45) is 4.19. The third-order valence-corrected chi connectivity index (χ3v) is 5.85. The summed E-state index contributed by atoms with van der Waals surface area (Å²) in [5.74, 6) is 0. The van der Waals surface area contributed by atoms with Crippen LogP contribution in [0.1, 0.15) is 33.1 Å². The number of hydrogen-bond acceptors (Lipinski definition) is 4. The van der Waals surface area contributed by atoms with Crippen molar-refractivity contribution in [2.75, 3.05) is 20.8 Å². The molecule has 0 N–H and O–H groups in total. The van der Waals surface area contributed by atoms with E-state index in [0.29, 0.717) is 18.8 Å². The fourth-order valence-electron chi connectivity index (χ4n) is 1.90. The summed E-state index contributed by atoms with van der Waals surface area (Å²) in [5, 5.41) is 0. The Balaban J connectivity index is 2.09. The summed E-state index contributed by atoms with van der Waals surface area (Å²) in [4.78, 5) is 0. The van der Waals surface area contributed by atoms with Gasteiger partial charge in [-0.1, -0.05) is 13.8 Å². The van der Waals surface area contributed by atoms with Gasteiger partial charge in [-0.25, -0.2) is 0 Å². The Hall–Kier alpha value is 0.0569. The molecule has 16 heavy (non-hydrogen) atoms. The van der Waals surface area contributed by atoms with Crippen molar-refractivity contribution >= 4 is 8.80 Å². The Morgan fingerprint density at radius 2 is 1.81 bits per heavy atom. The van der Waals surface area contributed by atoms with Gasteiger partial charge in [-0.05, 0) is 19.3 Å². The van der Waals surface area contributed by atoms with Crippen molar-refractivity contribution in [3.8, 4) is 0 Å². The third kappa shape index (κ3) is 3.82. The fraction of sp³-hybridized carbons (Fsp3) is 1.00. The Kier molecular flexibility index (Phi) is 5.92. The van der Waals surface area contributed by atoms with Crippen LogP contribution in [0.25, 0.3) is 0 Å². The minimum Gasteiger partial charge on any atom is -0.377 e. The minimum atomic E-state index is -2.34. The highest BCUT2D eigenvalue weighted by Crippen LogP contribution is 2.29. The molecule has 0 aromatic rings. The van der Waals surface area contributed by atoms with Crippen LogP contribution in [0.4, 0.5) is 0 Å². The van der Waals surface area contributed by atoms with Gasteiger partial charge in [0.05, 0.1) is 12.2 Å². The molecule has 0 aromatic heterocycles. The maximum Gasteiger partial charge on any atom is 0.500 e. The fourth-order valence-corrected chi connectivity index (χ4v) is 3.54. The van der Waals surface area contributed by atoms with E-state index in [1.54, 1.807) is 14.2 Å². The zero-order valence-electron chi connectivity index (χ0n) is 10.8. The highest BCUT2D eigenvalue weighted by Gasteiger charge is 2.38. The van der Waals surface area contributed by atoms with Gasteiger partial charge in [0.15, 0.2) is 0 Å². The molecule has 1 fully saturated rings. The van der Waals surface area contributed by atoms with Crippen molar-refractivity contribution in [1.29, 1.82) is 0 Å². The molecule has 0 bridgehead atoms. The van der Waals surface area contributed by atoms with E-state index < -0.39 is 8.80 Å². The van der Waals surface area contributed by atoms with E-state index in [0.717, 1.165) is 25.3 Å². The van der Waals surface area contributed by atoms with Crippen molar-refractivity contribution in [1.82, 2.24) is 0 Å². The first-order valence-electron chi connectivity index (χ1n) is 6.11. The molecule has 1 heterocycles. The second kappa shape index (κ2) is 6.71. The molecule has 96 valence electrons. The summed E-state index contributed by atoms with van der Waals surface area (Å²) in [5.41, 5.74) is 0. The molecule has 1 aliphatic rings. The van der Waals surface area contributed by atoms with Crippen LogP contribution >= 0.6 is 0 Å². The first kappa shape index (κ1) is 14.1. The average Bonchev–Trinajstić information content (AvgIpc) is 3.09. The molecule has 0 radical (unpaired) electrons. The zero-order chi connectivity index (χ0) is 12.0. The molecule has 0 amide bonds. The lowest BCUT2D eigenvalue weighted by Crippen LogP contribution is -2.43. The quantitative estimate of drug-likeness (QED) is 0.356. The van der Waals surface area contributed by atoms with E-state index in [1.807, 2.05) is 6.92 Å². The normalized spacial score (nSPS) is 24.8. The van der Waals surface area contributed by atoms with Crippen LogP contribution in [0.2, 0.25) is 6.04 Å². The summed E-state index contributed by atoms with van der Waals surface area (Å²) >= 11 is 0. The molecule has 2 unspecified atom stereocenters. The molecule has 0 aromatic carbocycles. The number of hydrogen-bond donors (Lipinski definition) is 0. The van der Waals surface area contributed by atoms with Gasteiger partial charge >= 0.3 is 8.80 Å². The van der Waals surface area contributed by atoms with Gasteiger partial charge in [-0.15, -0.1) is 0 Å². The molecule has 0 saturated carbocycles. The smallest absolute Gasteiger partial charge is 0.377 e. The van der Waals surface area contributed by atoms with E-state index in [2.05, 4.69) is 6.92 Å². The number of epoxide rings is 1. The predicted molar refractivity (Wildman–Crippen MR) is 64.4 cm³/mol. The van der Waals surface area contributed by atoms with Crippen LogP contribution < -0.4 is 0 Å². The maximum atomic E-state index is 5.76. The topological polar surface area (TPSA) is 40.2 Å². The monoisotopic (exact) mass is 248 g/mol. The van der Waals surface area contributed by atoms with Gasteiger partial charge in [0.1, 0.15) is 0 Å². The van der Waals surface area contributed by atoms with Crippen LogP contribution in [-0.2, 0) is 18.0 Å². The van der Waals surface area contributed by atoms with Crippen LogP contribution in [-0.4, -0.2) is 41.8 Å². The van der Waals surface area contributed by atoms with Gasteiger partial charge in [0.25, 0.3) is 0 Å². The first-order chi connectivity index (χ1) is 7.71. The lowest BCUT2D eigenvalue weighted by Gasteiger charge is -2.24. The van der Waals surface area contributed by atoms with E-state index in [9.17, 15) is 0 Å². The van der Waals surface area contributed by atoms with E-state index in [-0.39, 0.29) is 0 Å². The van der Waals surface area contributed by atoms with Crippen molar-refractivity contribution in [3.63, 3.8) is 0 Å². The molecule has 0 spiro atoms. The van der Waals surface area contributed by atoms with Gasteiger partial charge in [0, 0.05) is 26.9 Å². The summed E-state index contributed by atoms with van der Waals surface area (Å²) in [6.45, 7) is 4.90. The van der Waals surface area contributed by atoms with Crippen molar-refractivity contribution < 1.29 is 18.0 Å². The van der Waals surface area contributed by atoms with Crippen molar-refractivity contribution in [2.24, 2.45) is 0 Å². The third-order valence-electron chi connectivity index (χ3n) is 3.10. The maximum absolute atomic E-state index is 5.76. The van der Waals surface area contributed by atoms with Gasteiger partial charge in [0.2, 0.25) is 0 Å². The number of ether oxygens (including phenoxy) is 1. The van der Waals surface area contributed by atoms with Gasteiger partial charge in [-0.3, -0.25) is 0 Å². The highest BCUT2D eigenvalue weighted by molar-refractivity contribution is 6.60. The SMILES string of the molecule is CCC1OC1CCCO[Si](CC)(OC)OC. The first-order valence-corrected chi connectivity index (χ1v) is 8.04. The van der Waals surface area contributed by atoms with Crippen molar-refractivity contribution in [3.05, 3.63) is 0 Å². The van der Waals surface area contributed by atoms with Crippen LogP contribution in [0.3, 0.4) is 0 Å². The Morgan fingerprint density at radius 3 is 2.25 bits per heavy atom. The molecule has 5 heteroatoms. The second-order valence-electron chi connectivity index (χ2n) is 4.06. The van der Waals surface area contributed by atoms with Crippen molar-refractivity contribution in [2.45, 2.75) is 51.4 Å². The van der Waals surface area contributed by atoms with Crippen LogP contribution in [0, 0.1) is 0 Å². The second-order valence-corrected chi connectivity index (χ2v) is 7.24. The zero-order valence-corrected chi connectivity index (χ0v) is 11.8. The predicted octanol–water partition coefficient (Wildman–Crippen LogP) is 2.21. The molecule has 2 atom stereocenters. The van der Waals surface area contributed by atoms with E-state index in [4.69, 9.17) is 18.0 Å². The molecular weight excluding hydrogens is 224 g/mol. The molecule has 1 rings (SSSR count). The van der Waals surface area contributed by atoms with Crippen LogP contribution in [0.15, 0.2) is 0 Å². The molecule has 1 saturated heterocycles. The Morgan fingerprint density at radius 1 is 1.12 bits per heavy atom.